The lowest BCUT2D eigenvalue weighted by molar-refractivity contribution is -0.872. The highest BCUT2D eigenvalue weighted by molar-refractivity contribution is 5.88. The number of phenolic OH excluding ortho intramolecular Hbond substituents is 1. The molecule has 2 aromatic carbocycles. The van der Waals surface area contributed by atoms with Crippen molar-refractivity contribution in [1.82, 2.24) is 0 Å². The standard InChI is InChI=1S/C22H20F3NO5/c1-4-11-7-13-19(28)17(12-5-6-15-16(8-12)30-10-29-15)21(22(23,24)25)31-20(13)14(18(11)27)9-26(2)3/h5-8,27H,4,9-10H2,1-3H3/p+1. The molecule has 164 valence electrons. The Kier molecular flexibility index (Phi) is 5.09. The molecule has 0 radical (unpaired) electrons. The largest absolute Gasteiger partial charge is 0.507 e. The zero-order valence-corrected chi connectivity index (χ0v) is 17.1. The second kappa shape index (κ2) is 7.49. The maximum atomic E-state index is 14.0. The van der Waals surface area contributed by atoms with Crippen LogP contribution in [0.3, 0.4) is 0 Å². The second-order valence-corrected chi connectivity index (χ2v) is 7.68. The van der Waals surface area contributed by atoms with Crippen LogP contribution in [-0.2, 0) is 19.1 Å². The van der Waals surface area contributed by atoms with Crippen molar-refractivity contribution in [2.75, 3.05) is 20.9 Å². The molecule has 0 aliphatic carbocycles. The maximum absolute atomic E-state index is 14.0. The van der Waals surface area contributed by atoms with Crippen LogP contribution in [0.2, 0.25) is 0 Å². The molecule has 1 aliphatic rings. The van der Waals surface area contributed by atoms with Gasteiger partial charge < -0.3 is 23.9 Å². The SMILES string of the molecule is CCc1cc2c(=O)c(-c3ccc4c(c3)OCO4)c(C(F)(F)F)oc2c(C[NH+](C)C)c1O. The highest BCUT2D eigenvalue weighted by Crippen LogP contribution is 2.42. The Balaban J connectivity index is 2.10. The van der Waals surface area contributed by atoms with Gasteiger partial charge in [-0.1, -0.05) is 13.0 Å². The van der Waals surface area contributed by atoms with Gasteiger partial charge in [0, 0.05) is 0 Å². The van der Waals surface area contributed by atoms with Gasteiger partial charge in [-0.15, -0.1) is 0 Å². The van der Waals surface area contributed by atoms with Gasteiger partial charge in [0.25, 0.3) is 0 Å². The fourth-order valence-corrected chi connectivity index (χ4v) is 3.75. The van der Waals surface area contributed by atoms with E-state index in [1.165, 1.54) is 24.3 Å². The summed E-state index contributed by atoms with van der Waals surface area (Å²) in [5, 5.41) is 10.6. The minimum absolute atomic E-state index is 0.00781. The van der Waals surface area contributed by atoms with Crippen molar-refractivity contribution in [2.45, 2.75) is 26.1 Å². The van der Waals surface area contributed by atoms with Gasteiger partial charge in [0.15, 0.2) is 17.1 Å². The number of ether oxygens (including phenoxy) is 2. The molecule has 9 heteroatoms. The van der Waals surface area contributed by atoms with Gasteiger partial charge in [-0.2, -0.15) is 13.2 Å². The molecule has 1 aliphatic heterocycles. The number of rotatable bonds is 4. The first-order chi connectivity index (χ1) is 14.6. The molecule has 0 atom stereocenters. The van der Waals surface area contributed by atoms with Gasteiger partial charge in [0.1, 0.15) is 12.3 Å². The van der Waals surface area contributed by atoms with Crippen LogP contribution in [0.25, 0.3) is 22.1 Å². The van der Waals surface area contributed by atoms with Gasteiger partial charge in [-0.3, -0.25) is 4.79 Å². The van der Waals surface area contributed by atoms with Gasteiger partial charge in [0.2, 0.25) is 18.0 Å². The summed E-state index contributed by atoms with van der Waals surface area (Å²) in [6, 6.07) is 5.56. The van der Waals surface area contributed by atoms with E-state index in [1.54, 1.807) is 21.0 Å². The van der Waals surface area contributed by atoms with E-state index < -0.39 is 22.9 Å². The Hall–Kier alpha value is -3.20. The Bertz CT molecular complexity index is 1230. The van der Waals surface area contributed by atoms with E-state index in [1.807, 2.05) is 0 Å². The van der Waals surface area contributed by atoms with Gasteiger partial charge in [0.05, 0.1) is 30.6 Å². The summed E-state index contributed by atoms with van der Waals surface area (Å²) < 4.78 is 57.8. The summed E-state index contributed by atoms with van der Waals surface area (Å²) in [6.45, 7) is 1.92. The molecule has 0 amide bonds. The van der Waals surface area contributed by atoms with Crippen LogP contribution in [0.5, 0.6) is 17.2 Å². The molecule has 0 fully saturated rings. The fourth-order valence-electron chi connectivity index (χ4n) is 3.75. The molecule has 0 saturated carbocycles. The van der Waals surface area contributed by atoms with Gasteiger partial charge >= 0.3 is 6.18 Å². The molecular weight excluding hydrogens is 415 g/mol. The number of halogens is 3. The lowest BCUT2D eigenvalue weighted by atomic mass is 9.97. The number of aromatic hydroxyl groups is 1. The Labute approximate surface area is 175 Å². The van der Waals surface area contributed by atoms with Crippen LogP contribution >= 0.6 is 0 Å². The molecule has 0 bridgehead atoms. The minimum atomic E-state index is -4.93. The quantitative estimate of drug-likeness (QED) is 0.658. The third-order valence-electron chi connectivity index (χ3n) is 5.16. The predicted molar refractivity (Wildman–Crippen MR) is 107 cm³/mol. The summed E-state index contributed by atoms with van der Waals surface area (Å²) >= 11 is 0. The number of hydrogen-bond acceptors (Lipinski definition) is 5. The average molecular weight is 436 g/mol. The monoisotopic (exact) mass is 436 g/mol. The van der Waals surface area contributed by atoms with Crippen LogP contribution in [-0.4, -0.2) is 26.0 Å². The second-order valence-electron chi connectivity index (χ2n) is 7.68. The molecule has 0 unspecified atom stereocenters. The first-order valence-electron chi connectivity index (χ1n) is 9.72. The number of alkyl halides is 3. The fraction of sp³-hybridized carbons (Fsp3) is 0.318. The van der Waals surface area contributed by atoms with Crippen molar-refractivity contribution in [1.29, 1.82) is 0 Å². The molecule has 6 nitrogen and oxygen atoms in total. The highest BCUT2D eigenvalue weighted by atomic mass is 19.4. The summed E-state index contributed by atoms with van der Waals surface area (Å²) in [7, 11) is 3.57. The van der Waals surface area contributed by atoms with Gasteiger partial charge in [-0.05, 0) is 35.7 Å². The number of fused-ring (bicyclic) bond motifs is 2. The zero-order valence-electron chi connectivity index (χ0n) is 17.1. The first-order valence-corrected chi connectivity index (χ1v) is 9.72. The van der Waals surface area contributed by atoms with E-state index in [4.69, 9.17) is 13.9 Å². The van der Waals surface area contributed by atoms with Crippen molar-refractivity contribution in [3.05, 3.63) is 51.4 Å². The topological polar surface area (TPSA) is 73.3 Å². The summed E-state index contributed by atoms with van der Waals surface area (Å²) in [5.41, 5.74) is -1.02. The van der Waals surface area contributed by atoms with E-state index in [0.29, 0.717) is 17.7 Å². The van der Waals surface area contributed by atoms with Crippen molar-refractivity contribution in [2.24, 2.45) is 0 Å². The third kappa shape index (κ3) is 3.59. The predicted octanol–water partition coefficient (Wildman–Crippen LogP) is 3.12. The maximum Gasteiger partial charge on any atom is 0.450 e. The smallest absolute Gasteiger partial charge is 0.450 e. The highest BCUT2D eigenvalue weighted by Gasteiger charge is 2.40. The van der Waals surface area contributed by atoms with Crippen molar-refractivity contribution < 1.29 is 37.1 Å². The number of aryl methyl sites for hydroxylation is 1. The lowest BCUT2D eigenvalue weighted by Gasteiger charge is -2.17. The number of quaternary nitrogens is 1. The zero-order chi connectivity index (χ0) is 22.5. The molecule has 0 spiro atoms. The lowest BCUT2D eigenvalue weighted by Crippen LogP contribution is -3.04. The van der Waals surface area contributed by atoms with Crippen molar-refractivity contribution >= 4 is 11.0 Å². The normalized spacial score (nSPS) is 13.4. The van der Waals surface area contributed by atoms with E-state index >= 15 is 0 Å². The van der Waals surface area contributed by atoms with Crippen LogP contribution in [0, 0.1) is 0 Å². The summed E-state index contributed by atoms with van der Waals surface area (Å²) in [4.78, 5) is 14.2. The van der Waals surface area contributed by atoms with Crippen LogP contribution in [0.1, 0.15) is 23.8 Å². The molecular formula is C22H21F3NO5+. The number of benzene rings is 2. The van der Waals surface area contributed by atoms with E-state index in [9.17, 15) is 23.1 Å². The number of hydrogen-bond donors (Lipinski definition) is 2. The molecule has 3 aromatic rings. The van der Waals surface area contributed by atoms with E-state index in [0.717, 1.165) is 4.90 Å². The molecule has 2 heterocycles. The average Bonchev–Trinajstić information content (AvgIpc) is 3.16. The minimum Gasteiger partial charge on any atom is -0.507 e. The van der Waals surface area contributed by atoms with Gasteiger partial charge in [-0.25, -0.2) is 0 Å². The molecule has 4 rings (SSSR count). The summed E-state index contributed by atoms with van der Waals surface area (Å²) in [6.07, 6.45) is -4.53. The van der Waals surface area contributed by atoms with Crippen LogP contribution in [0.15, 0.2) is 33.5 Å². The van der Waals surface area contributed by atoms with E-state index in [-0.39, 0.29) is 46.9 Å². The number of nitrogens with one attached hydrogen (secondary N) is 1. The van der Waals surface area contributed by atoms with E-state index in [2.05, 4.69) is 0 Å². The van der Waals surface area contributed by atoms with Crippen molar-refractivity contribution in [3.8, 4) is 28.4 Å². The summed E-state index contributed by atoms with van der Waals surface area (Å²) in [5.74, 6) is -0.926. The first kappa shape index (κ1) is 21.0. The van der Waals surface area contributed by atoms with Crippen LogP contribution < -0.4 is 19.8 Å². The Morgan fingerprint density at radius 3 is 2.48 bits per heavy atom. The number of phenols is 1. The Morgan fingerprint density at radius 2 is 1.84 bits per heavy atom. The van der Waals surface area contributed by atoms with Crippen LogP contribution in [0.4, 0.5) is 13.2 Å². The molecule has 1 aromatic heterocycles. The molecule has 31 heavy (non-hydrogen) atoms. The Morgan fingerprint density at radius 1 is 1.13 bits per heavy atom. The van der Waals surface area contributed by atoms with Crippen molar-refractivity contribution in [3.63, 3.8) is 0 Å². The molecule has 0 saturated heterocycles. The molecule has 2 N–H and O–H groups in total. The third-order valence-corrected chi connectivity index (χ3v) is 5.16.